The minimum atomic E-state index is -0.145. The van der Waals surface area contributed by atoms with Gasteiger partial charge in [0.15, 0.2) is 5.76 Å². The molecule has 0 radical (unpaired) electrons. The summed E-state index contributed by atoms with van der Waals surface area (Å²) in [6.07, 6.45) is 7.10. The molecule has 0 spiro atoms. The summed E-state index contributed by atoms with van der Waals surface area (Å²) in [5, 5.41) is 12.7. The zero-order valence-electron chi connectivity index (χ0n) is 21.3. The minimum Gasteiger partial charge on any atom is -0.450 e. The van der Waals surface area contributed by atoms with Gasteiger partial charge in [0.05, 0.1) is 12.3 Å². The SMILES string of the molecule is O=C(CN1CCN(C(=O)c2cc(-c3ccc4c(c3)CC/C4=N\O)c(-c3ccncc3)o2)CC1)N1CCCC1. The molecule has 0 saturated carbocycles. The standard InChI is InChI=1S/C29H31N5O4/c35-27(33-11-1-2-12-33)19-32-13-15-34(16-14-32)29(36)26-18-24(28(38-26)20-7-9-30-10-8-20)22-3-5-23-21(17-22)4-6-25(23)31-37/h3,5,7-10,17-18,37H,1-2,4,6,11-16,19H2/b31-25+. The zero-order chi connectivity index (χ0) is 26.1. The van der Waals surface area contributed by atoms with Crippen molar-refractivity contribution in [3.8, 4) is 22.5 Å². The van der Waals surface area contributed by atoms with E-state index in [-0.39, 0.29) is 11.8 Å². The lowest BCUT2D eigenvalue weighted by molar-refractivity contribution is -0.131. The van der Waals surface area contributed by atoms with E-state index in [1.54, 1.807) is 12.4 Å². The number of aromatic nitrogens is 1. The highest BCUT2D eigenvalue weighted by molar-refractivity contribution is 6.05. The van der Waals surface area contributed by atoms with Crippen LogP contribution in [0.2, 0.25) is 0 Å². The minimum absolute atomic E-state index is 0.145. The van der Waals surface area contributed by atoms with Gasteiger partial charge in [-0.3, -0.25) is 19.5 Å². The van der Waals surface area contributed by atoms with Crippen molar-refractivity contribution in [2.24, 2.45) is 5.16 Å². The molecule has 38 heavy (non-hydrogen) atoms. The molecule has 2 saturated heterocycles. The molecule has 196 valence electrons. The van der Waals surface area contributed by atoms with Gasteiger partial charge in [0, 0.05) is 68.4 Å². The van der Waals surface area contributed by atoms with E-state index in [2.05, 4.69) is 21.1 Å². The van der Waals surface area contributed by atoms with Crippen LogP contribution in [0.15, 0.2) is 58.4 Å². The molecule has 1 aromatic carbocycles. The second-order valence-corrected chi connectivity index (χ2v) is 10.2. The van der Waals surface area contributed by atoms with E-state index < -0.39 is 0 Å². The summed E-state index contributed by atoms with van der Waals surface area (Å²) in [7, 11) is 0. The number of piperazine rings is 1. The van der Waals surface area contributed by atoms with Crippen molar-refractivity contribution in [2.45, 2.75) is 25.7 Å². The summed E-state index contributed by atoms with van der Waals surface area (Å²) < 4.78 is 6.23. The number of rotatable bonds is 5. The Morgan fingerprint density at radius 1 is 0.868 bits per heavy atom. The lowest BCUT2D eigenvalue weighted by Gasteiger charge is -2.34. The number of likely N-dealkylation sites (tertiary alicyclic amines) is 1. The van der Waals surface area contributed by atoms with Crippen LogP contribution in [0.3, 0.4) is 0 Å². The van der Waals surface area contributed by atoms with Gasteiger partial charge < -0.3 is 19.4 Å². The molecule has 0 atom stereocenters. The fourth-order valence-electron chi connectivity index (χ4n) is 5.69. The smallest absolute Gasteiger partial charge is 0.289 e. The number of benzene rings is 1. The first-order valence-electron chi connectivity index (χ1n) is 13.3. The quantitative estimate of drug-likeness (QED) is 0.414. The van der Waals surface area contributed by atoms with Crippen molar-refractivity contribution >= 4 is 17.5 Å². The van der Waals surface area contributed by atoms with Gasteiger partial charge in [-0.15, -0.1) is 0 Å². The number of carbonyl (C=O) groups is 2. The number of amides is 2. The highest BCUT2D eigenvalue weighted by Crippen LogP contribution is 2.37. The topological polar surface area (TPSA) is 102 Å². The Bertz CT molecular complexity index is 1370. The molecule has 6 rings (SSSR count). The average Bonchev–Trinajstić information content (AvgIpc) is 3.73. The number of oxime groups is 1. The molecule has 2 aliphatic heterocycles. The average molecular weight is 514 g/mol. The number of aryl methyl sites for hydroxylation is 1. The molecule has 2 aromatic heterocycles. The monoisotopic (exact) mass is 513 g/mol. The zero-order valence-corrected chi connectivity index (χ0v) is 21.3. The molecule has 4 heterocycles. The van der Waals surface area contributed by atoms with Crippen molar-refractivity contribution < 1.29 is 19.2 Å². The molecule has 2 fully saturated rings. The van der Waals surface area contributed by atoms with Crippen LogP contribution in [0.5, 0.6) is 0 Å². The molecule has 2 amide bonds. The van der Waals surface area contributed by atoms with Crippen LogP contribution < -0.4 is 0 Å². The summed E-state index contributed by atoms with van der Waals surface area (Å²) in [5.74, 6) is 0.964. The largest absolute Gasteiger partial charge is 0.450 e. The van der Waals surface area contributed by atoms with Crippen LogP contribution in [-0.2, 0) is 11.2 Å². The molecule has 9 nitrogen and oxygen atoms in total. The van der Waals surface area contributed by atoms with Crippen molar-refractivity contribution in [1.29, 1.82) is 0 Å². The fourth-order valence-corrected chi connectivity index (χ4v) is 5.69. The summed E-state index contributed by atoms with van der Waals surface area (Å²) in [4.78, 5) is 36.1. The molecule has 1 N–H and O–H groups in total. The van der Waals surface area contributed by atoms with Crippen LogP contribution in [0, 0.1) is 0 Å². The number of hydrogen-bond acceptors (Lipinski definition) is 7. The van der Waals surface area contributed by atoms with E-state index in [0.29, 0.717) is 56.4 Å². The third-order valence-electron chi connectivity index (χ3n) is 7.84. The highest BCUT2D eigenvalue weighted by atomic mass is 16.4. The number of carbonyl (C=O) groups excluding carboxylic acids is 2. The van der Waals surface area contributed by atoms with Gasteiger partial charge in [0.1, 0.15) is 5.76 Å². The highest BCUT2D eigenvalue weighted by Gasteiger charge is 2.29. The van der Waals surface area contributed by atoms with Gasteiger partial charge in [-0.1, -0.05) is 23.4 Å². The van der Waals surface area contributed by atoms with E-state index in [9.17, 15) is 14.8 Å². The maximum absolute atomic E-state index is 13.5. The number of hydrogen-bond donors (Lipinski definition) is 1. The summed E-state index contributed by atoms with van der Waals surface area (Å²) in [6, 6.07) is 11.6. The van der Waals surface area contributed by atoms with Gasteiger partial charge >= 0.3 is 0 Å². The molecule has 9 heteroatoms. The van der Waals surface area contributed by atoms with E-state index in [4.69, 9.17) is 4.42 Å². The molecule has 0 bridgehead atoms. The molecule has 3 aromatic rings. The summed E-state index contributed by atoms with van der Waals surface area (Å²) >= 11 is 0. The van der Waals surface area contributed by atoms with Crippen LogP contribution in [-0.4, -0.2) is 88.2 Å². The Labute approximate surface area is 221 Å². The normalized spacial score (nSPS) is 18.8. The number of nitrogens with zero attached hydrogens (tertiary/aromatic N) is 5. The Morgan fingerprint density at radius 3 is 2.37 bits per heavy atom. The Kier molecular flexibility index (Phi) is 6.68. The van der Waals surface area contributed by atoms with E-state index in [0.717, 1.165) is 60.2 Å². The lowest BCUT2D eigenvalue weighted by atomic mass is 9.98. The lowest BCUT2D eigenvalue weighted by Crippen LogP contribution is -2.51. The van der Waals surface area contributed by atoms with Gasteiger partial charge in [-0.05, 0) is 55.0 Å². The maximum Gasteiger partial charge on any atom is 0.289 e. The second kappa shape index (κ2) is 10.4. The van der Waals surface area contributed by atoms with Crippen LogP contribution in [0.1, 0.15) is 40.9 Å². The van der Waals surface area contributed by atoms with Crippen molar-refractivity contribution in [1.82, 2.24) is 19.7 Å². The molecule has 3 aliphatic rings. The van der Waals surface area contributed by atoms with Crippen molar-refractivity contribution in [3.05, 3.63) is 65.7 Å². The predicted molar refractivity (Wildman–Crippen MR) is 142 cm³/mol. The van der Waals surface area contributed by atoms with Crippen LogP contribution in [0.4, 0.5) is 0 Å². The first-order valence-corrected chi connectivity index (χ1v) is 13.3. The Hall–Kier alpha value is -3.98. The van der Waals surface area contributed by atoms with E-state index in [1.165, 1.54) is 0 Å². The third-order valence-corrected chi connectivity index (χ3v) is 7.84. The fraction of sp³-hybridized carbons (Fsp3) is 0.379. The molecular weight excluding hydrogens is 482 g/mol. The Balaban J connectivity index is 1.22. The number of furan rings is 1. The summed E-state index contributed by atoms with van der Waals surface area (Å²) in [6.45, 7) is 4.56. The van der Waals surface area contributed by atoms with Crippen molar-refractivity contribution in [3.63, 3.8) is 0 Å². The predicted octanol–water partition coefficient (Wildman–Crippen LogP) is 3.51. The van der Waals surface area contributed by atoms with Crippen LogP contribution >= 0.6 is 0 Å². The Morgan fingerprint density at radius 2 is 1.63 bits per heavy atom. The molecule has 0 unspecified atom stereocenters. The first kappa shape index (κ1) is 24.4. The van der Waals surface area contributed by atoms with E-state index >= 15 is 0 Å². The van der Waals surface area contributed by atoms with Gasteiger partial charge in [-0.25, -0.2) is 0 Å². The van der Waals surface area contributed by atoms with Crippen molar-refractivity contribution in [2.75, 3.05) is 45.8 Å². The molecular formula is C29H31N5O4. The van der Waals surface area contributed by atoms with Gasteiger partial charge in [-0.2, -0.15) is 0 Å². The molecule has 1 aliphatic carbocycles. The van der Waals surface area contributed by atoms with Crippen LogP contribution in [0.25, 0.3) is 22.5 Å². The number of fused-ring (bicyclic) bond motifs is 1. The first-order chi connectivity index (χ1) is 18.6. The summed E-state index contributed by atoms with van der Waals surface area (Å²) in [5.41, 5.74) is 5.41. The number of pyridine rings is 1. The maximum atomic E-state index is 13.5. The second-order valence-electron chi connectivity index (χ2n) is 10.2. The van der Waals surface area contributed by atoms with E-state index in [1.807, 2.05) is 40.1 Å². The van der Waals surface area contributed by atoms with Gasteiger partial charge in [0.2, 0.25) is 5.91 Å². The van der Waals surface area contributed by atoms with Gasteiger partial charge in [0.25, 0.3) is 5.91 Å². The third kappa shape index (κ3) is 4.69.